The zero-order chi connectivity index (χ0) is 15.2. The largest absolute Gasteiger partial charge is 0.324 e. The number of nitrogens with zero attached hydrogens (tertiary/aromatic N) is 1. The molecule has 0 saturated heterocycles. The lowest BCUT2D eigenvalue weighted by Gasteiger charge is -2.20. The van der Waals surface area contributed by atoms with Crippen molar-refractivity contribution in [2.75, 3.05) is 13.6 Å². The van der Waals surface area contributed by atoms with Crippen LogP contribution in [0.2, 0.25) is 5.02 Å². The molecule has 0 heterocycles. The van der Waals surface area contributed by atoms with Crippen LogP contribution in [0.1, 0.15) is 29.2 Å². The molecule has 0 bridgehead atoms. The Hall–Kier alpha value is -1.35. The first-order valence-electron chi connectivity index (χ1n) is 7.30. The van der Waals surface area contributed by atoms with E-state index in [0.717, 1.165) is 30.1 Å². The van der Waals surface area contributed by atoms with Crippen LogP contribution in [0.5, 0.6) is 0 Å². The maximum absolute atomic E-state index is 6.25. The highest BCUT2D eigenvalue weighted by atomic mass is 35.5. The maximum Gasteiger partial charge on any atom is 0.0453 e. The Morgan fingerprint density at radius 3 is 2.62 bits per heavy atom. The van der Waals surface area contributed by atoms with E-state index in [2.05, 4.69) is 43.1 Å². The molecular formula is C18H23ClN2. The average Bonchev–Trinajstić information content (AvgIpc) is 2.45. The molecule has 0 aliphatic carbocycles. The molecular weight excluding hydrogens is 280 g/mol. The maximum atomic E-state index is 6.25. The zero-order valence-electron chi connectivity index (χ0n) is 12.7. The molecule has 112 valence electrons. The monoisotopic (exact) mass is 302 g/mol. The van der Waals surface area contributed by atoms with Gasteiger partial charge in [-0.3, -0.25) is 0 Å². The Labute approximate surface area is 132 Å². The zero-order valence-corrected chi connectivity index (χ0v) is 13.5. The molecule has 0 aliphatic rings. The van der Waals surface area contributed by atoms with Crippen LogP contribution in [0.4, 0.5) is 0 Å². The van der Waals surface area contributed by atoms with Gasteiger partial charge in [0.05, 0.1) is 0 Å². The van der Waals surface area contributed by atoms with E-state index in [9.17, 15) is 0 Å². The fraction of sp³-hybridized carbons (Fsp3) is 0.333. The molecule has 2 aromatic carbocycles. The van der Waals surface area contributed by atoms with Crippen LogP contribution in [0.15, 0.2) is 48.5 Å². The van der Waals surface area contributed by atoms with Crippen LogP contribution in [0.25, 0.3) is 0 Å². The second-order valence-corrected chi connectivity index (χ2v) is 6.05. The smallest absolute Gasteiger partial charge is 0.0453 e. The summed E-state index contributed by atoms with van der Waals surface area (Å²) in [7, 11) is 2.13. The summed E-state index contributed by atoms with van der Waals surface area (Å²) in [5.74, 6) is 0. The molecule has 1 unspecified atom stereocenters. The first-order chi connectivity index (χ1) is 10.1. The lowest BCUT2D eigenvalue weighted by molar-refractivity contribution is 0.311. The number of hydrogen-bond acceptors (Lipinski definition) is 2. The van der Waals surface area contributed by atoms with Crippen LogP contribution in [0, 0.1) is 6.92 Å². The molecule has 2 rings (SSSR count). The van der Waals surface area contributed by atoms with Crippen LogP contribution in [0.3, 0.4) is 0 Å². The van der Waals surface area contributed by atoms with E-state index in [1.807, 2.05) is 24.3 Å². The SMILES string of the molecule is Cc1cccc(CN(C)CCC(N)c2ccccc2Cl)c1. The van der Waals surface area contributed by atoms with E-state index in [1.54, 1.807) is 0 Å². The third-order valence-corrected chi connectivity index (χ3v) is 4.01. The number of aryl methyl sites for hydroxylation is 1. The molecule has 0 saturated carbocycles. The molecule has 2 nitrogen and oxygen atoms in total. The molecule has 0 radical (unpaired) electrons. The molecule has 1 atom stereocenters. The third-order valence-electron chi connectivity index (χ3n) is 3.66. The molecule has 3 heteroatoms. The van der Waals surface area contributed by atoms with Crippen molar-refractivity contribution >= 4 is 11.6 Å². The van der Waals surface area contributed by atoms with Gasteiger partial charge >= 0.3 is 0 Å². The van der Waals surface area contributed by atoms with Crippen LogP contribution >= 0.6 is 11.6 Å². The second-order valence-electron chi connectivity index (χ2n) is 5.64. The van der Waals surface area contributed by atoms with Crippen molar-refractivity contribution in [2.24, 2.45) is 5.73 Å². The van der Waals surface area contributed by atoms with Gasteiger partial charge in [0.25, 0.3) is 0 Å². The Morgan fingerprint density at radius 2 is 1.90 bits per heavy atom. The van der Waals surface area contributed by atoms with Crippen molar-refractivity contribution in [2.45, 2.75) is 25.9 Å². The first kappa shape index (κ1) is 16.0. The summed E-state index contributed by atoms with van der Waals surface area (Å²) in [5.41, 5.74) is 9.92. The summed E-state index contributed by atoms with van der Waals surface area (Å²) in [6, 6.07) is 16.4. The molecule has 0 fully saturated rings. The topological polar surface area (TPSA) is 29.3 Å². The molecule has 0 aromatic heterocycles. The highest BCUT2D eigenvalue weighted by molar-refractivity contribution is 6.31. The summed E-state index contributed by atoms with van der Waals surface area (Å²) in [4.78, 5) is 2.30. The lowest BCUT2D eigenvalue weighted by Crippen LogP contribution is -2.23. The lowest BCUT2D eigenvalue weighted by atomic mass is 10.0. The summed E-state index contributed by atoms with van der Waals surface area (Å²) in [6.07, 6.45) is 0.895. The van der Waals surface area contributed by atoms with E-state index in [4.69, 9.17) is 17.3 Å². The minimum atomic E-state index is -0.0151. The second kappa shape index (κ2) is 7.60. The fourth-order valence-corrected chi connectivity index (χ4v) is 2.77. The van der Waals surface area contributed by atoms with Crippen LogP contribution in [-0.4, -0.2) is 18.5 Å². The Balaban J connectivity index is 1.86. The Morgan fingerprint density at radius 1 is 1.14 bits per heavy atom. The van der Waals surface area contributed by atoms with Gasteiger partial charge in [-0.2, -0.15) is 0 Å². The van der Waals surface area contributed by atoms with Gasteiger partial charge in [-0.1, -0.05) is 59.6 Å². The van der Waals surface area contributed by atoms with Gasteiger partial charge < -0.3 is 10.6 Å². The number of hydrogen-bond donors (Lipinski definition) is 1. The van der Waals surface area contributed by atoms with E-state index in [0.29, 0.717) is 0 Å². The molecule has 0 aliphatic heterocycles. The van der Waals surface area contributed by atoms with Gasteiger partial charge in [0.2, 0.25) is 0 Å². The highest BCUT2D eigenvalue weighted by Gasteiger charge is 2.10. The van der Waals surface area contributed by atoms with Gasteiger partial charge in [-0.05, 0) is 44.1 Å². The van der Waals surface area contributed by atoms with Gasteiger partial charge in [0.1, 0.15) is 0 Å². The van der Waals surface area contributed by atoms with Crippen molar-refractivity contribution in [3.8, 4) is 0 Å². The third kappa shape index (κ3) is 4.85. The molecule has 2 N–H and O–H groups in total. The van der Waals surface area contributed by atoms with Gasteiger partial charge in [0.15, 0.2) is 0 Å². The van der Waals surface area contributed by atoms with Crippen molar-refractivity contribution in [3.63, 3.8) is 0 Å². The van der Waals surface area contributed by atoms with Gasteiger partial charge in [-0.25, -0.2) is 0 Å². The van der Waals surface area contributed by atoms with Gasteiger partial charge in [0, 0.05) is 17.6 Å². The van der Waals surface area contributed by atoms with Gasteiger partial charge in [-0.15, -0.1) is 0 Å². The predicted molar refractivity (Wildman–Crippen MR) is 90.5 cm³/mol. The Bertz CT molecular complexity index is 583. The van der Waals surface area contributed by atoms with Crippen LogP contribution in [-0.2, 0) is 6.54 Å². The van der Waals surface area contributed by atoms with Crippen molar-refractivity contribution in [1.82, 2.24) is 4.90 Å². The van der Waals surface area contributed by atoms with Crippen molar-refractivity contribution in [1.29, 1.82) is 0 Å². The van der Waals surface area contributed by atoms with E-state index >= 15 is 0 Å². The minimum Gasteiger partial charge on any atom is -0.324 e. The molecule has 0 spiro atoms. The van der Waals surface area contributed by atoms with Crippen molar-refractivity contribution < 1.29 is 0 Å². The van der Waals surface area contributed by atoms with Crippen LogP contribution < -0.4 is 5.73 Å². The summed E-state index contributed by atoms with van der Waals surface area (Å²) < 4.78 is 0. The van der Waals surface area contributed by atoms with E-state index < -0.39 is 0 Å². The molecule has 21 heavy (non-hydrogen) atoms. The van der Waals surface area contributed by atoms with E-state index in [-0.39, 0.29) is 6.04 Å². The highest BCUT2D eigenvalue weighted by Crippen LogP contribution is 2.23. The minimum absolute atomic E-state index is 0.0151. The van der Waals surface area contributed by atoms with Crippen molar-refractivity contribution in [3.05, 3.63) is 70.2 Å². The first-order valence-corrected chi connectivity index (χ1v) is 7.68. The average molecular weight is 303 g/mol. The summed E-state index contributed by atoms with van der Waals surface area (Å²) in [6.45, 7) is 4.01. The number of benzene rings is 2. The molecule has 0 amide bonds. The standard InChI is InChI=1S/C18H23ClN2/c1-14-6-5-7-15(12-14)13-21(2)11-10-18(20)16-8-3-4-9-17(16)19/h3-9,12,18H,10-11,13,20H2,1-2H3. The Kier molecular flexibility index (Phi) is 5.80. The number of rotatable bonds is 6. The normalized spacial score (nSPS) is 12.6. The quantitative estimate of drug-likeness (QED) is 0.868. The molecule has 2 aromatic rings. The predicted octanol–water partition coefficient (Wildman–Crippen LogP) is 4.17. The summed E-state index contributed by atoms with van der Waals surface area (Å²) >= 11 is 6.19. The number of halogens is 1. The fourth-order valence-electron chi connectivity index (χ4n) is 2.49. The number of nitrogens with two attached hydrogens (primary N) is 1. The van der Waals surface area contributed by atoms with E-state index in [1.165, 1.54) is 11.1 Å². The summed E-state index contributed by atoms with van der Waals surface area (Å²) in [5, 5.41) is 0.756.